The van der Waals surface area contributed by atoms with Gasteiger partial charge in [0, 0.05) is 31.7 Å². The topological polar surface area (TPSA) is 70.2 Å². The molecular formula is C10H15ClN4O2. The summed E-state index contributed by atoms with van der Waals surface area (Å²) in [5.74, 6) is 0.0181. The van der Waals surface area contributed by atoms with Gasteiger partial charge in [-0.3, -0.25) is 9.89 Å². The number of rotatable bonds is 1. The summed E-state index contributed by atoms with van der Waals surface area (Å²) in [7, 11) is 0. The van der Waals surface area contributed by atoms with Crippen molar-refractivity contribution in [1.29, 1.82) is 0 Å². The number of carbonyl (C=O) groups excluding carboxylic acids is 1. The number of morpholine rings is 1. The van der Waals surface area contributed by atoms with Crippen LogP contribution in [-0.4, -0.2) is 47.3 Å². The van der Waals surface area contributed by atoms with E-state index in [1.807, 2.05) is 0 Å². The Labute approximate surface area is 105 Å². The molecule has 1 aromatic heterocycles. The standard InChI is InChI=1S/C10H14N4O2.ClH/c15-10(14-1-3-16-4-2-14)9-7-5-11-6-8(7)12-13-9;/h11H,1-6H2,(H,12,13);1H. The molecule has 0 radical (unpaired) electrons. The van der Waals surface area contributed by atoms with Gasteiger partial charge in [-0.2, -0.15) is 5.10 Å². The Morgan fingerprint density at radius 1 is 1.29 bits per heavy atom. The second-order valence-electron chi connectivity index (χ2n) is 4.04. The molecule has 2 N–H and O–H groups in total. The van der Waals surface area contributed by atoms with E-state index in [0.29, 0.717) is 32.0 Å². The largest absolute Gasteiger partial charge is 0.378 e. The van der Waals surface area contributed by atoms with Crippen molar-refractivity contribution in [2.45, 2.75) is 13.1 Å². The lowest BCUT2D eigenvalue weighted by Gasteiger charge is -2.26. The van der Waals surface area contributed by atoms with Crippen LogP contribution < -0.4 is 5.32 Å². The van der Waals surface area contributed by atoms with Crippen LogP contribution >= 0.6 is 12.4 Å². The van der Waals surface area contributed by atoms with Crippen molar-refractivity contribution in [2.24, 2.45) is 0 Å². The van der Waals surface area contributed by atoms with E-state index in [9.17, 15) is 4.79 Å². The van der Waals surface area contributed by atoms with Gasteiger partial charge >= 0.3 is 0 Å². The molecule has 0 aromatic carbocycles. The summed E-state index contributed by atoms with van der Waals surface area (Å²) in [6.45, 7) is 4.07. The van der Waals surface area contributed by atoms with Crippen LogP contribution in [0.2, 0.25) is 0 Å². The highest BCUT2D eigenvalue weighted by molar-refractivity contribution is 5.94. The van der Waals surface area contributed by atoms with Crippen molar-refractivity contribution in [3.05, 3.63) is 17.0 Å². The third-order valence-electron chi connectivity index (χ3n) is 3.06. The van der Waals surface area contributed by atoms with E-state index in [-0.39, 0.29) is 18.3 Å². The van der Waals surface area contributed by atoms with Gasteiger partial charge in [0.05, 0.1) is 18.9 Å². The Kier molecular flexibility index (Phi) is 3.66. The maximum atomic E-state index is 12.2. The Morgan fingerprint density at radius 2 is 2.06 bits per heavy atom. The number of amides is 1. The van der Waals surface area contributed by atoms with Crippen molar-refractivity contribution in [1.82, 2.24) is 20.4 Å². The molecule has 1 aromatic rings. The monoisotopic (exact) mass is 258 g/mol. The van der Waals surface area contributed by atoms with Crippen LogP contribution in [-0.2, 0) is 17.8 Å². The molecular weight excluding hydrogens is 244 g/mol. The summed E-state index contributed by atoms with van der Waals surface area (Å²) < 4.78 is 5.23. The maximum absolute atomic E-state index is 12.2. The molecule has 7 heteroatoms. The molecule has 0 atom stereocenters. The first-order chi connectivity index (χ1) is 7.86. The zero-order valence-corrected chi connectivity index (χ0v) is 10.2. The molecule has 0 unspecified atom stereocenters. The van der Waals surface area contributed by atoms with Gasteiger partial charge in [-0.15, -0.1) is 12.4 Å². The minimum Gasteiger partial charge on any atom is -0.378 e. The fourth-order valence-corrected chi connectivity index (χ4v) is 2.14. The first-order valence-corrected chi connectivity index (χ1v) is 5.50. The number of H-pyrrole nitrogens is 1. The van der Waals surface area contributed by atoms with Crippen LogP contribution in [0.4, 0.5) is 0 Å². The van der Waals surface area contributed by atoms with E-state index < -0.39 is 0 Å². The second kappa shape index (κ2) is 5.03. The number of carbonyl (C=O) groups is 1. The smallest absolute Gasteiger partial charge is 0.274 e. The highest BCUT2D eigenvalue weighted by atomic mass is 35.5. The average Bonchev–Trinajstić information content (AvgIpc) is 2.91. The van der Waals surface area contributed by atoms with E-state index in [4.69, 9.17) is 4.74 Å². The van der Waals surface area contributed by atoms with Gasteiger partial charge in [-0.05, 0) is 0 Å². The van der Waals surface area contributed by atoms with Gasteiger partial charge in [0.2, 0.25) is 0 Å². The van der Waals surface area contributed by atoms with Crippen LogP contribution in [0.3, 0.4) is 0 Å². The number of nitrogens with one attached hydrogen (secondary N) is 2. The summed E-state index contributed by atoms with van der Waals surface area (Å²) in [5, 5.41) is 10.2. The molecule has 3 rings (SSSR count). The van der Waals surface area contributed by atoms with Gasteiger partial charge in [0.25, 0.3) is 5.91 Å². The number of aromatic nitrogens is 2. The van der Waals surface area contributed by atoms with E-state index >= 15 is 0 Å². The molecule has 0 aliphatic carbocycles. The van der Waals surface area contributed by atoms with Crippen molar-refractivity contribution in [2.75, 3.05) is 26.3 Å². The SMILES string of the molecule is Cl.O=C(c1n[nH]c2c1CNC2)N1CCOCC1. The molecule has 17 heavy (non-hydrogen) atoms. The van der Waals surface area contributed by atoms with Crippen molar-refractivity contribution in [3.8, 4) is 0 Å². The van der Waals surface area contributed by atoms with Crippen molar-refractivity contribution < 1.29 is 9.53 Å². The molecule has 0 bridgehead atoms. The fraction of sp³-hybridized carbons (Fsp3) is 0.600. The summed E-state index contributed by atoms with van der Waals surface area (Å²) in [6.07, 6.45) is 0. The Bertz CT molecular complexity index is 414. The third kappa shape index (κ3) is 2.15. The van der Waals surface area contributed by atoms with Gasteiger partial charge < -0.3 is 15.0 Å². The first-order valence-electron chi connectivity index (χ1n) is 5.50. The van der Waals surface area contributed by atoms with Crippen LogP contribution in [0, 0.1) is 0 Å². The molecule has 0 saturated carbocycles. The number of fused-ring (bicyclic) bond motifs is 1. The van der Waals surface area contributed by atoms with Crippen LogP contribution in [0.5, 0.6) is 0 Å². The third-order valence-corrected chi connectivity index (χ3v) is 3.06. The number of ether oxygens (including phenoxy) is 1. The Balaban J connectivity index is 0.00000108. The van der Waals surface area contributed by atoms with Crippen molar-refractivity contribution >= 4 is 18.3 Å². The zero-order valence-electron chi connectivity index (χ0n) is 9.36. The summed E-state index contributed by atoms with van der Waals surface area (Å²) in [5.41, 5.74) is 2.63. The van der Waals surface area contributed by atoms with Crippen LogP contribution in [0.25, 0.3) is 0 Å². The number of hydrogen-bond donors (Lipinski definition) is 2. The summed E-state index contributed by atoms with van der Waals surface area (Å²) >= 11 is 0. The quantitative estimate of drug-likeness (QED) is 0.739. The molecule has 3 heterocycles. The minimum atomic E-state index is 0. The Hall–Kier alpha value is -1.11. The first kappa shape index (κ1) is 12.3. The van der Waals surface area contributed by atoms with Crippen molar-refractivity contribution in [3.63, 3.8) is 0 Å². The highest BCUT2D eigenvalue weighted by Crippen LogP contribution is 2.18. The van der Waals surface area contributed by atoms with E-state index in [1.165, 1.54) is 0 Å². The lowest BCUT2D eigenvalue weighted by Crippen LogP contribution is -2.41. The number of halogens is 1. The van der Waals surface area contributed by atoms with Gasteiger partial charge in [0.15, 0.2) is 5.69 Å². The van der Waals surface area contributed by atoms with Crippen LogP contribution in [0.15, 0.2) is 0 Å². The zero-order chi connectivity index (χ0) is 11.0. The molecule has 1 amide bonds. The normalized spacial score (nSPS) is 18.7. The molecule has 2 aliphatic heterocycles. The van der Waals surface area contributed by atoms with Gasteiger partial charge in [-0.25, -0.2) is 0 Å². The summed E-state index contributed by atoms with van der Waals surface area (Å²) in [4.78, 5) is 14.0. The number of nitrogens with zero attached hydrogens (tertiary/aromatic N) is 2. The Morgan fingerprint density at radius 3 is 2.82 bits per heavy atom. The number of hydrogen-bond acceptors (Lipinski definition) is 4. The fourth-order valence-electron chi connectivity index (χ4n) is 2.14. The van der Waals surface area contributed by atoms with E-state index in [0.717, 1.165) is 24.3 Å². The molecule has 94 valence electrons. The van der Waals surface area contributed by atoms with Crippen LogP contribution in [0.1, 0.15) is 21.7 Å². The minimum absolute atomic E-state index is 0. The van der Waals surface area contributed by atoms with Gasteiger partial charge in [-0.1, -0.05) is 0 Å². The molecule has 1 fully saturated rings. The van der Waals surface area contributed by atoms with Gasteiger partial charge in [0.1, 0.15) is 0 Å². The number of aromatic amines is 1. The predicted molar refractivity (Wildman–Crippen MR) is 63.1 cm³/mol. The molecule has 2 aliphatic rings. The van der Waals surface area contributed by atoms with E-state index in [1.54, 1.807) is 4.90 Å². The highest BCUT2D eigenvalue weighted by Gasteiger charge is 2.27. The lowest BCUT2D eigenvalue weighted by molar-refractivity contribution is 0.0298. The second-order valence-corrected chi connectivity index (χ2v) is 4.04. The maximum Gasteiger partial charge on any atom is 0.274 e. The molecule has 6 nitrogen and oxygen atoms in total. The van der Waals surface area contributed by atoms with E-state index in [2.05, 4.69) is 15.5 Å². The lowest BCUT2D eigenvalue weighted by atomic mass is 10.2. The average molecular weight is 259 g/mol. The molecule has 1 saturated heterocycles. The summed E-state index contributed by atoms with van der Waals surface area (Å²) in [6, 6.07) is 0. The molecule has 0 spiro atoms. The predicted octanol–water partition coefficient (Wildman–Crippen LogP) is -0.0929.